The van der Waals surface area contributed by atoms with Gasteiger partial charge in [0.2, 0.25) is 0 Å². The van der Waals surface area contributed by atoms with Gasteiger partial charge in [0.05, 0.1) is 77.9 Å². The molecule has 145 heavy (non-hydrogen) atoms. The van der Waals surface area contributed by atoms with Gasteiger partial charge in [-0.05, 0) is 255 Å². The number of aliphatic hydroxyl groups is 2. The highest BCUT2D eigenvalue weighted by atomic mass is 32.2. The Kier molecular flexibility index (Phi) is 62.5. The lowest BCUT2D eigenvalue weighted by atomic mass is 9.53. The zero-order chi connectivity index (χ0) is 109. The van der Waals surface area contributed by atoms with Crippen LogP contribution in [0.4, 0.5) is 0 Å². The van der Waals surface area contributed by atoms with Crippen molar-refractivity contribution in [1.29, 1.82) is 0 Å². The molecule has 4 saturated carbocycles. The van der Waals surface area contributed by atoms with Crippen LogP contribution in [0.25, 0.3) is 0 Å². The standard InChI is InChI=1S/C17H21NO3S.C14H25NO3S.2C13H21NO4S.C12H19NO3S.C12H27NO3S.2C11H17NO3S/c19-22(20,21)13-7-12-18-17(16-10-5-2-6-11-16)14-15-8-3-1-4-9-15;1-10(19(16,17)18)2-3-15-14-7-11-4-12(8-14)6-13(5-11)9-14;2*1-11(13(15)12-7-4-3-5-8-12)14(2)9-6-10-19(16,17)18;1-13(2,9-6-10-17(14,15)16)11-12-7-4-3-5-8-12;1-3-4-5-6-7-8-10-13-11-9-12(2)17(14,15)16;2*1-10(11-6-3-2-4-7-11)12-8-5-9-16(13,14)15/h1-6,8-11,17-18H,7,12-14H2,(H,19,20,21);10-13,15H,2-9H2,1H3,(H,16,17,18);2*3-5,7-8,11,13,15H,6,9-10H2,1-2H3,(H,16,17,18);3-5,7-8H,6,9-11H2,1-2H3;12-13H,3-11H2,1-2H3,(H,14,15,16);2*2-4,6-7,10,12H,5,8-9H2,1H3,(H,13,14,15)/p+1/t;;11-,13+;11-,13-;;;2*10-/m..10..10/s1. The molecule has 15 N–H and O–H groups in total. The molecule has 7 aromatic rings. The largest absolute Gasteiger partial charge is 0.387 e. The van der Waals surface area contributed by atoms with Gasteiger partial charge in [-0.25, -0.2) is 0 Å². The number of unbranched alkanes of at least 4 members (excludes halogenated alkanes) is 5. The van der Waals surface area contributed by atoms with Gasteiger partial charge in [-0.3, -0.25) is 36.4 Å². The van der Waals surface area contributed by atoms with Gasteiger partial charge in [0.25, 0.3) is 80.9 Å². The SMILES string of the molecule is CC(CCNC12CC3CC(CC(C3)C1)C2)S(=O)(=O)O.CCCCCCCCNCCC(C)S(=O)(=O)O.C[C@@H](NCCCS(=O)(=O)O)c1ccccc1.C[C@@H]([C@H](O)c1ccccc1)N(C)CCCS(=O)(=O)O.C[C@H](NCCCS(=O)(=O)O)c1ccccc1.C[C@H]([C@H](O)c1ccccc1)N(C)CCCS(=O)(=O)O.C[N+](C)(CCCS(=O)(=O)O)Cc1ccccc1.O=S(=O)(O)CCCNC(Cc1ccccc1)c1ccccc1. The van der Waals surface area contributed by atoms with Crippen LogP contribution in [0.2, 0.25) is 0 Å². The Hall–Kier alpha value is -6.58. The minimum atomic E-state index is -3.91. The molecule has 11 rings (SSSR count). The van der Waals surface area contributed by atoms with E-state index in [-0.39, 0.29) is 70.3 Å². The maximum atomic E-state index is 11.0. The maximum Gasteiger partial charge on any atom is 0.267 e. The van der Waals surface area contributed by atoms with E-state index in [2.05, 4.69) is 84.0 Å². The highest BCUT2D eigenvalue weighted by Crippen LogP contribution is 2.55. The molecule has 4 fully saturated rings. The number of hydrogen-bond donors (Lipinski definition) is 15. The molecule has 3 unspecified atom stereocenters. The lowest BCUT2D eigenvalue weighted by molar-refractivity contribution is -0.903. The molecule has 0 saturated heterocycles. The van der Waals surface area contributed by atoms with Crippen LogP contribution in [0.3, 0.4) is 0 Å². The summed E-state index contributed by atoms with van der Waals surface area (Å²) in [6, 6.07) is 69.0. The second-order valence-corrected chi connectivity index (χ2v) is 52.0. The Morgan fingerprint density at radius 3 is 0.986 bits per heavy atom. The van der Waals surface area contributed by atoms with Crippen molar-refractivity contribution >= 4 is 80.9 Å². The molecule has 4 bridgehead atoms. The van der Waals surface area contributed by atoms with E-state index < -0.39 is 104 Å². The van der Waals surface area contributed by atoms with E-state index in [1.54, 1.807) is 6.92 Å². The number of benzene rings is 7. The topological polar surface area (TPSA) is 542 Å². The fourth-order valence-electron chi connectivity index (χ4n) is 17.4. The fourth-order valence-corrected chi connectivity index (χ4v) is 21.3. The van der Waals surface area contributed by atoms with Crippen molar-refractivity contribution in [1.82, 2.24) is 36.4 Å². The molecule has 34 nitrogen and oxygen atoms in total. The first-order valence-electron chi connectivity index (χ1n) is 50.0. The molecule has 42 heteroatoms. The average Bonchev–Trinajstić information content (AvgIpc) is 0.750. The van der Waals surface area contributed by atoms with Gasteiger partial charge in [-0.15, -0.1) is 0 Å². The third-order valence-corrected chi connectivity index (χ3v) is 33.0. The Labute approximate surface area is 868 Å². The van der Waals surface area contributed by atoms with Crippen molar-refractivity contribution in [3.63, 3.8) is 0 Å². The highest BCUT2D eigenvalue weighted by molar-refractivity contribution is 7.87. The molecule has 824 valence electrons. The first-order valence-corrected chi connectivity index (χ1v) is 62.6. The molecule has 9 atom stereocenters. The first-order chi connectivity index (χ1) is 67.8. The molecule has 0 aliphatic heterocycles. The molecule has 4 aliphatic rings. The van der Waals surface area contributed by atoms with E-state index >= 15 is 0 Å². The van der Waals surface area contributed by atoms with Crippen LogP contribution in [0.1, 0.15) is 246 Å². The number of likely N-dealkylation sites (N-methyl/N-ethyl adjacent to an activating group) is 2. The van der Waals surface area contributed by atoms with Crippen LogP contribution in [0.5, 0.6) is 0 Å². The van der Waals surface area contributed by atoms with Gasteiger partial charge in [-0.1, -0.05) is 251 Å². The van der Waals surface area contributed by atoms with Gasteiger partial charge in [0.15, 0.2) is 0 Å². The molecule has 0 radical (unpaired) electrons. The summed E-state index contributed by atoms with van der Waals surface area (Å²) >= 11 is 0. The minimum Gasteiger partial charge on any atom is -0.387 e. The third-order valence-electron chi connectivity index (χ3n) is 25.7. The summed E-state index contributed by atoms with van der Waals surface area (Å²) in [6.45, 7) is 19.6. The van der Waals surface area contributed by atoms with Gasteiger partial charge in [0, 0.05) is 47.7 Å². The van der Waals surface area contributed by atoms with Crippen LogP contribution in [0, 0.1) is 17.8 Å². The summed E-state index contributed by atoms with van der Waals surface area (Å²) in [5.41, 5.74) is 7.88. The van der Waals surface area contributed by atoms with Crippen LogP contribution in [-0.4, -0.2) is 278 Å². The van der Waals surface area contributed by atoms with Crippen LogP contribution in [0.15, 0.2) is 212 Å². The Bertz CT molecular complexity index is 5420. The van der Waals surface area contributed by atoms with Crippen molar-refractivity contribution in [3.8, 4) is 0 Å². The Morgan fingerprint density at radius 2 is 0.641 bits per heavy atom. The molecule has 0 spiro atoms. The average molecular weight is 2190 g/mol. The molecule has 0 heterocycles. The van der Waals surface area contributed by atoms with Gasteiger partial charge < -0.3 is 51.1 Å². The normalized spacial score (nSPS) is 17.7. The number of nitrogens with zero attached hydrogens (tertiary/aromatic N) is 3. The minimum absolute atomic E-state index is 0.116. The van der Waals surface area contributed by atoms with Crippen molar-refractivity contribution in [2.75, 3.05) is 122 Å². The highest BCUT2D eigenvalue weighted by Gasteiger charge is 2.50. The second kappa shape index (κ2) is 68.4. The van der Waals surface area contributed by atoms with Crippen LogP contribution in [-0.2, 0) is 93.9 Å². The summed E-state index contributed by atoms with van der Waals surface area (Å²) in [5, 5.41) is 35.7. The van der Waals surface area contributed by atoms with Crippen molar-refractivity contribution in [2.45, 2.75) is 248 Å². The predicted octanol–water partition coefficient (Wildman–Crippen LogP) is 15.1. The van der Waals surface area contributed by atoms with Gasteiger partial charge in [-0.2, -0.15) is 67.3 Å². The van der Waals surface area contributed by atoms with Crippen LogP contribution >= 0.6 is 0 Å². The smallest absolute Gasteiger partial charge is 0.267 e. The van der Waals surface area contributed by atoms with Crippen molar-refractivity contribution in [3.05, 3.63) is 251 Å². The Morgan fingerprint density at radius 1 is 0.345 bits per heavy atom. The molecule has 4 aliphatic carbocycles. The molecule has 0 aromatic heterocycles. The van der Waals surface area contributed by atoms with E-state index in [4.69, 9.17) is 36.4 Å². The quantitative estimate of drug-likeness (QED) is 0.00956. The van der Waals surface area contributed by atoms with E-state index in [0.717, 1.165) is 65.9 Å². The summed E-state index contributed by atoms with van der Waals surface area (Å²) in [4.78, 5) is 3.76. The van der Waals surface area contributed by atoms with Gasteiger partial charge in [0.1, 0.15) is 6.54 Å². The van der Waals surface area contributed by atoms with Crippen molar-refractivity contribution < 1.29 is 118 Å². The number of aliphatic hydroxyl groups excluding tert-OH is 2. The van der Waals surface area contributed by atoms with E-state index in [1.807, 2.05) is 228 Å². The summed E-state index contributed by atoms with van der Waals surface area (Å²) in [7, 11) is -23.2. The number of nitrogens with one attached hydrogen (secondary N) is 5. The van der Waals surface area contributed by atoms with Crippen LogP contribution < -0.4 is 26.6 Å². The predicted molar refractivity (Wildman–Crippen MR) is 580 cm³/mol. The second-order valence-electron chi connectivity index (χ2n) is 38.9. The zero-order valence-corrected chi connectivity index (χ0v) is 92.9. The number of hydrogen-bond acceptors (Lipinski definition) is 25. The summed E-state index contributed by atoms with van der Waals surface area (Å²) < 4.78 is 241. The van der Waals surface area contributed by atoms with Crippen molar-refractivity contribution in [2.24, 2.45) is 17.8 Å². The summed E-state index contributed by atoms with van der Waals surface area (Å²) in [5.74, 6) is 1.42. The lowest BCUT2D eigenvalue weighted by Crippen LogP contribution is -2.58. The monoisotopic (exact) mass is 2190 g/mol. The molecular weight excluding hydrogens is 2020 g/mol. The van der Waals surface area contributed by atoms with E-state index in [9.17, 15) is 77.6 Å². The molecular formula is C103H169N8O26S8+. The fraction of sp³-hybridized carbons (Fsp3) is 0.592. The molecule has 0 amide bonds. The molecule has 7 aromatic carbocycles. The van der Waals surface area contributed by atoms with E-state index in [0.29, 0.717) is 108 Å². The third kappa shape index (κ3) is 64.7. The summed E-state index contributed by atoms with van der Waals surface area (Å²) in [6.07, 6.45) is 18.6. The van der Waals surface area contributed by atoms with E-state index in [1.165, 1.54) is 94.2 Å². The Balaban J connectivity index is 0.000000427. The van der Waals surface area contributed by atoms with Gasteiger partial charge >= 0.3 is 0 Å². The number of quaternary nitrogens is 1. The lowest BCUT2D eigenvalue weighted by Gasteiger charge is -2.57. The maximum absolute atomic E-state index is 11.0. The zero-order valence-electron chi connectivity index (χ0n) is 86.4. The number of rotatable bonds is 56. The first kappa shape index (κ1) is 133.